The number of aromatic nitrogens is 1. The minimum absolute atomic E-state index is 0. The molecule has 0 aliphatic carbocycles. The number of guanidine groups is 1. The molecule has 1 heterocycles. The molecule has 1 aromatic heterocycles. The first kappa shape index (κ1) is 20.9. The van der Waals surface area contributed by atoms with Crippen molar-refractivity contribution >= 4 is 45.9 Å². The van der Waals surface area contributed by atoms with Crippen molar-refractivity contribution < 1.29 is 0 Å². The molecule has 6 heteroatoms. The van der Waals surface area contributed by atoms with Gasteiger partial charge in [-0.1, -0.05) is 28.1 Å². The third-order valence-corrected chi connectivity index (χ3v) is 3.95. The molecule has 0 aliphatic rings. The van der Waals surface area contributed by atoms with E-state index >= 15 is 0 Å². The minimum atomic E-state index is 0. The van der Waals surface area contributed by atoms with E-state index in [-0.39, 0.29) is 24.0 Å². The highest BCUT2D eigenvalue weighted by atomic mass is 127. The lowest BCUT2D eigenvalue weighted by molar-refractivity contribution is 0.788. The molecule has 0 unspecified atom stereocenters. The lowest BCUT2D eigenvalue weighted by atomic mass is 10.1. The highest BCUT2D eigenvalue weighted by Gasteiger charge is 2.01. The van der Waals surface area contributed by atoms with Gasteiger partial charge >= 0.3 is 0 Å². The Kier molecular flexibility index (Phi) is 9.94. The fourth-order valence-corrected chi connectivity index (χ4v) is 2.67. The van der Waals surface area contributed by atoms with Crippen LogP contribution in [-0.4, -0.2) is 24.0 Å². The number of pyridine rings is 1. The van der Waals surface area contributed by atoms with Crippen LogP contribution in [0.5, 0.6) is 0 Å². The van der Waals surface area contributed by atoms with Crippen molar-refractivity contribution in [3.8, 4) is 0 Å². The van der Waals surface area contributed by atoms with Crippen molar-refractivity contribution in [2.45, 2.75) is 26.8 Å². The summed E-state index contributed by atoms with van der Waals surface area (Å²) in [6, 6.07) is 12.3. The van der Waals surface area contributed by atoms with Crippen LogP contribution in [0.4, 0.5) is 0 Å². The van der Waals surface area contributed by atoms with Gasteiger partial charge in [0.2, 0.25) is 0 Å². The Morgan fingerprint density at radius 2 is 2.04 bits per heavy atom. The van der Waals surface area contributed by atoms with Gasteiger partial charge < -0.3 is 10.6 Å². The van der Waals surface area contributed by atoms with Gasteiger partial charge in [0, 0.05) is 35.9 Å². The molecule has 0 radical (unpaired) electrons. The summed E-state index contributed by atoms with van der Waals surface area (Å²) in [6.07, 6.45) is 2.70. The molecule has 0 saturated carbocycles. The summed E-state index contributed by atoms with van der Waals surface area (Å²) < 4.78 is 1.10. The maximum atomic E-state index is 4.66. The van der Waals surface area contributed by atoms with E-state index in [1.165, 1.54) is 11.1 Å². The van der Waals surface area contributed by atoms with Gasteiger partial charge in [0.1, 0.15) is 0 Å². The number of nitrogens with zero attached hydrogens (tertiary/aromatic N) is 2. The summed E-state index contributed by atoms with van der Waals surface area (Å²) in [7, 11) is 0. The number of hydrogen-bond donors (Lipinski definition) is 2. The molecule has 1 aromatic carbocycles. The smallest absolute Gasteiger partial charge is 0.191 e. The quantitative estimate of drug-likeness (QED) is 0.355. The summed E-state index contributed by atoms with van der Waals surface area (Å²) in [5.74, 6) is 0.839. The number of nitrogens with one attached hydrogen (secondary N) is 2. The van der Waals surface area contributed by atoms with Crippen molar-refractivity contribution in [2.75, 3.05) is 13.1 Å². The van der Waals surface area contributed by atoms with Crippen molar-refractivity contribution in [1.82, 2.24) is 15.6 Å². The molecule has 0 atom stereocenters. The second-order valence-electron chi connectivity index (χ2n) is 5.26. The van der Waals surface area contributed by atoms with Gasteiger partial charge in [-0.3, -0.25) is 4.98 Å². The molecule has 0 bridgehead atoms. The fraction of sp³-hybridized carbons (Fsp3) is 0.333. The van der Waals surface area contributed by atoms with Gasteiger partial charge in [-0.15, -0.1) is 24.0 Å². The number of aryl methyl sites for hydroxylation is 1. The van der Waals surface area contributed by atoms with Crippen LogP contribution in [0.1, 0.15) is 23.7 Å². The summed E-state index contributed by atoms with van der Waals surface area (Å²) in [5, 5.41) is 6.64. The second-order valence-corrected chi connectivity index (χ2v) is 6.18. The molecule has 130 valence electrons. The minimum Gasteiger partial charge on any atom is -0.357 e. The van der Waals surface area contributed by atoms with Crippen molar-refractivity contribution in [3.63, 3.8) is 0 Å². The van der Waals surface area contributed by atoms with Gasteiger partial charge in [0.05, 0.1) is 6.54 Å². The monoisotopic (exact) mass is 502 g/mol. The maximum Gasteiger partial charge on any atom is 0.191 e. The lowest BCUT2D eigenvalue weighted by Gasteiger charge is -2.11. The Morgan fingerprint density at radius 1 is 1.21 bits per heavy atom. The average molecular weight is 503 g/mol. The second kappa shape index (κ2) is 11.4. The maximum absolute atomic E-state index is 4.66. The first-order valence-electron chi connectivity index (χ1n) is 7.86. The molecule has 0 amide bonds. The summed E-state index contributed by atoms with van der Waals surface area (Å²) in [4.78, 5) is 8.99. The first-order valence-corrected chi connectivity index (χ1v) is 8.65. The van der Waals surface area contributed by atoms with E-state index in [1.54, 1.807) is 0 Å². The number of halogens is 2. The highest BCUT2D eigenvalue weighted by Crippen LogP contribution is 2.16. The van der Waals surface area contributed by atoms with Crippen LogP contribution < -0.4 is 10.6 Å². The Labute approximate surface area is 169 Å². The number of benzene rings is 1. The van der Waals surface area contributed by atoms with E-state index in [4.69, 9.17) is 0 Å². The molecule has 0 spiro atoms. The fourth-order valence-electron chi connectivity index (χ4n) is 2.20. The SMILES string of the molecule is CCNC(=NCc1ccc(Br)cc1C)NCCc1ccccn1.I. The molecule has 0 saturated heterocycles. The normalized spacial score (nSPS) is 10.9. The van der Waals surface area contributed by atoms with E-state index in [1.807, 2.05) is 24.4 Å². The molecule has 24 heavy (non-hydrogen) atoms. The van der Waals surface area contributed by atoms with E-state index < -0.39 is 0 Å². The van der Waals surface area contributed by atoms with Crippen LogP contribution in [-0.2, 0) is 13.0 Å². The van der Waals surface area contributed by atoms with Crippen molar-refractivity contribution in [3.05, 3.63) is 63.9 Å². The van der Waals surface area contributed by atoms with Gasteiger partial charge in [0.25, 0.3) is 0 Å². The number of rotatable bonds is 6. The Morgan fingerprint density at radius 3 is 2.71 bits per heavy atom. The first-order chi connectivity index (χ1) is 11.2. The number of hydrogen-bond acceptors (Lipinski definition) is 2. The topological polar surface area (TPSA) is 49.3 Å². The molecule has 2 N–H and O–H groups in total. The molecule has 4 nitrogen and oxygen atoms in total. The van der Waals surface area contributed by atoms with E-state index in [0.717, 1.165) is 35.6 Å². The standard InChI is InChI=1S/C18H23BrN4.HI/c1-3-20-18(22-11-9-17-6-4-5-10-21-17)23-13-15-7-8-16(19)12-14(15)2;/h4-8,10,12H,3,9,11,13H2,1-2H3,(H2,20,22,23);1H. The summed E-state index contributed by atoms with van der Waals surface area (Å²) in [6.45, 7) is 6.49. The predicted molar refractivity (Wildman–Crippen MR) is 115 cm³/mol. The molecular weight excluding hydrogens is 479 g/mol. The summed E-state index contributed by atoms with van der Waals surface area (Å²) >= 11 is 3.49. The summed E-state index contributed by atoms with van der Waals surface area (Å²) in [5.41, 5.74) is 3.56. The molecule has 0 fully saturated rings. The van der Waals surface area contributed by atoms with Crippen LogP contribution in [0, 0.1) is 6.92 Å². The third-order valence-electron chi connectivity index (χ3n) is 3.46. The van der Waals surface area contributed by atoms with Gasteiger partial charge in [-0.05, 0) is 49.2 Å². The van der Waals surface area contributed by atoms with Crippen LogP contribution in [0.3, 0.4) is 0 Å². The zero-order valence-electron chi connectivity index (χ0n) is 14.1. The van der Waals surface area contributed by atoms with Crippen molar-refractivity contribution in [1.29, 1.82) is 0 Å². The molecule has 0 aliphatic heterocycles. The third kappa shape index (κ3) is 7.17. The molecular formula is C18H24BrIN4. The van der Waals surface area contributed by atoms with E-state index in [9.17, 15) is 0 Å². The Hall–Kier alpha value is -1.15. The van der Waals surface area contributed by atoms with E-state index in [2.05, 4.69) is 68.6 Å². The van der Waals surface area contributed by atoms with Crippen molar-refractivity contribution in [2.24, 2.45) is 4.99 Å². The van der Waals surface area contributed by atoms with E-state index in [0.29, 0.717) is 6.54 Å². The Balaban J connectivity index is 0.00000288. The largest absolute Gasteiger partial charge is 0.357 e. The zero-order valence-corrected chi connectivity index (χ0v) is 18.0. The van der Waals surface area contributed by atoms with Crippen LogP contribution in [0.15, 0.2) is 52.1 Å². The average Bonchev–Trinajstić information content (AvgIpc) is 2.55. The van der Waals surface area contributed by atoms with Crippen LogP contribution in [0.2, 0.25) is 0 Å². The van der Waals surface area contributed by atoms with Crippen LogP contribution >= 0.6 is 39.9 Å². The number of aliphatic imine (C=N–C) groups is 1. The van der Waals surface area contributed by atoms with Gasteiger partial charge in [-0.2, -0.15) is 0 Å². The Bertz CT molecular complexity index is 647. The predicted octanol–water partition coefficient (Wildman–Crippen LogP) is 4.07. The van der Waals surface area contributed by atoms with Gasteiger partial charge in [0.15, 0.2) is 5.96 Å². The van der Waals surface area contributed by atoms with Gasteiger partial charge in [-0.25, -0.2) is 4.99 Å². The lowest BCUT2D eigenvalue weighted by Crippen LogP contribution is -2.38. The highest BCUT2D eigenvalue weighted by molar-refractivity contribution is 14.0. The zero-order chi connectivity index (χ0) is 16.5. The molecule has 2 aromatic rings. The van der Waals surface area contributed by atoms with Crippen LogP contribution in [0.25, 0.3) is 0 Å². The molecule has 2 rings (SSSR count).